The summed E-state index contributed by atoms with van der Waals surface area (Å²) in [5, 5.41) is 64.1. The second-order valence-corrected chi connectivity index (χ2v) is 18.8. The Hall–Kier alpha value is -1.80. The van der Waals surface area contributed by atoms with Crippen molar-refractivity contribution in [1.29, 1.82) is 0 Å². The van der Waals surface area contributed by atoms with Crippen molar-refractivity contribution < 1.29 is 63.6 Å². The first kappa shape index (κ1) is 53.5. The molecule has 9 unspecified atom stereocenters. The highest BCUT2D eigenvalue weighted by Gasteiger charge is 2.53. The summed E-state index contributed by atoms with van der Waals surface area (Å²) in [5.41, 5.74) is -4.37. The van der Waals surface area contributed by atoms with Gasteiger partial charge >= 0.3 is 5.97 Å². The lowest BCUT2D eigenvalue weighted by atomic mass is 9.73. The number of aliphatic hydroxyl groups is 5. The summed E-state index contributed by atoms with van der Waals surface area (Å²) in [5.74, 6) is -4.01. The lowest BCUT2D eigenvalue weighted by Crippen LogP contribution is -2.61. The molecule has 3 heterocycles. The number of carbonyl (C=O) groups excluding carboxylic acids is 1. The number of hydrogen-bond donors (Lipinski definition) is 5. The molecule has 3 saturated heterocycles. The largest absolute Gasteiger partial charge is 0.459 e. The molecule has 16 heteroatoms. The van der Waals surface area contributed by atoms with Crippen LogP contribution in [0.5, 0.6) is 0 Å². The summed E-state index contributed by atoms with van der Waals surface area (Å²) in [4.78, 5) is 24.4. The van der Waals surface area contributed by atoms with Gasteiger partial charge in [0, 0.05) is 43.9 Å². The number of nitrogens with zero attached hydrogens (tertiary/aromatic N) is 3. The fourth-order valence-corrected chi connectivity index (χ4v) is 9.52. The van der Waals surface area contributed by atoms with E-state index in [1.54, 1.807) is 48.5 Å². The third-order valence-corrected chi connectivity index (χ3v) is 13.6. The average Bonchev–Trinajstić information content (AvgIpc) is 3.20. The van der Waals surface area contributed by atoms with Crippen LogP contribution < -0.4 is 0 Å². The number of esters is 1. The number of hydrogen-bond acceptors (Lipinski definition) is 16. The van der Waals surface area contributed by atoms with Crippen LogP contribution >= 0.6 is 0 Å². The molecule has 3 rings (SSSR count). The number of carbonyl (C=O) groups is 1. The van der Waals surface area contributed by atoms with E-state index < -0.39 is 102 Å². The van der Waals surface area contributed by atoms with E-state index in [9.17, 15) is 30.3 Å². The van der Waals surface area contributed by atoms with Gasteiger partial charge in [0.1, 0.15) is 30.5 Å². The van der Waals surface area contributed by atoms with Gasteiger partial charge in [-0.05, 0) is 94.1 Å². The molecular formula is C45H83N3O13. The summed E-state index contributed by atoms with van der Waals surface area (Å²) >= 11 is 0. The van der Waals surface area contributed by atoms with Crippen molar-refractivity contribution in [2.24, 2.45) is 28.8 Å². The Kier molecular flexibility index (Phi) is 20.1. The van der Waals surface area contributed by atoms with Crippen LogP contribution in [0.3, 0.4) is 0 Å². The van der Waals surface area contributed by atoms with Crippen molar-refractivity contribution in [1.82, 2.24) is 9.80 Å². The van der Waals surface area contributed by atoms with E-state index in [2.05, 4.69) is 23.9 Å². The highest BCUT2D eigenvalue weighted by Crippen LogP contribution is 2.41. The molecule has 3 aliphatic heterocycles. The number of rotatable bonds is 14. The highest BCUT2D eigenvalue weighted by molar-refractivity contribution is 5.88. The number of cyclic esters (lactones) is 1. The SMILES string of the molecule is CC[C@H]1OC(=O)[C@H](C)[C@@H](OC2CC(C)(OC)C(O)C(C)O2)[C@H](C)[C@@H](OC2OC(C)CC(N(C)C)C2O)C(C)(O)C[C@@H](C)C(=NOC/C=C/CN(CC)CC)[C@H](C)[C@@H](O)[C@]1(C)O. The van der Waals surface area contributed by atoms with E-state index in [1.165, 1.54) is 14.0 Å². The highest BCUT2D eigenvalue weighted by atomic mass is 16.7. The smallest absolute Gasteiger partial charge is 0.311 e. The standard InChI is InChI=1S/C45H83N3O13/c1-16-33-45(12,54)38(50)28(6)35(46-56-22-20-19-21-48(17-2)18-3)26(4)24-43(10,53)40(61-42-36(49)32(47(13)14)23-27(5)57-42)29(7)37(30(8)41(52)59-33)60-34-25-44(11,55-15)39(51)31(9)58-34/h19-20,26-34,36-40,42,49-51,53-54H,16-18,21-25H2,1-15H3/b20-19+,46-35?/t26-,27?,28+,29+,30-,31?,32?,33-,34?,36?,37+,38-,39?,40-,42?,43?,44?,45-/m1/s1. The van der Waals surface area contributed by atoms with E-state index in [4.69, 9.17) is 33.3 Å². The minimum atomic E-state index is -1.94. The Labute approximate surface area is 365 Å². The first-order valence-electron chi connectivity index (χ1n) is 22.5. The summed E-state index contributed by atoms with van der Waals surface area (Å²) in [6, 6.07) is -0.319. The first-order chi connectivity index (χ1) is 28.4. The van der Waals surface area contributed by atoms with Crippen LogP contribution in [0.1, 0.15) is 109 Å². The monoisotopic (exact) mass is 874 g/mol. The van der Waals surface area contributed by atoms with Crippen molar-refractivity contribution in [3.63, 3.8) is 0 Å². The average molecular weight is 874 g/mol. The predicted molar refractivity (Wildman–Crippen MR) is 232 cm³/mol. The lowest BCUT2D eigenvalue weighted by molar-refractivity contribution is -0.317. The number of likely N-dealkylation sites (N-methyl/N-ethyl adjacent to an activating group) is 2. The normalized spacial score (nSPS) is 44.4. The Morgan fingerprint density at radius 2 is 1.52 bits per heavy atom. The quantitative estimate of drug-likeness (QED) is 0.0735. The van der Waals surface area contributed by atoms with E-state index in [1.807, 2.05) is 45.0 Å². The molecule has 3 fully saturated rings. The third-order valence-electron chi connectivity index (χ3n) is 13.6. The molecule has 0 amide bonds. The molecule has 3 aliphatic rings. The van der Waals surface area contributed by atoms with E-state index >= 15 is 0 Å². The Morgan fingerprint density at radius 3 is 2.10 bits per heavy atom. The van der Waals surface area contributed by atoms with Gasteiger partial charge in [0.25, 0.3) is 0 Å². The number of methoxy groups -OCH3 is 1. The fraction of sp³-hybridized carbons (Fsp3) is 0.911. The summed E-state index contributed by atoms with van der Waals surface area (Å²) in [6.45, 7) is 24.1. The number of aliphatic hydroxyl groups excluding tert-OH is 3. The molecule has 0 radical (unpaired) electrons. The summed E-state index contributed by atoms with van der Waals surface area (Å²) < 4.78 is 37.9. The third kappa shape index (κ3) is 13.2. The molecule has 0 bridgehead atoms. The van der Waals surface area contributed by atoms with Crippen LogP contribution in [-0.4, -0.2) is 179 Å². The second kappa shape index (κ2) is 22.9. The number of ether oxygens (including phenoxy) is 6. The van der Waals surface area contributed by atoms with Gasteiger partial charge < -0.3 is 68.6 Å². The van der Waals surface area contributed by atoms with Crippen molar-refractivity contribution in [3.8, 4) is 0 Å². The second-order valence-electron chi connectivity index (χ2n) is 18.8. The maximum atomic E-state index is 14.4. The molecular weight excluding hydrogens is 791 g/mol. The molecule has 61 heavy (non-hydrogen) atoms. The zero-order valence-electron chi connectivity index (χ0n) is 39.8. The zero-order chi connectivity index (χ0) is 46.2. The van der Waals surface area contributed by atoms with Gasteiger partial charge in [-0.15, -0.1) is 0 Å². The van der Waals surface area contributed by atoms with Crippen molar-refractivity contribution >= 4 is 11.7 Å². The van der Waals surface area contributed by atoms with Crippen LogP contribution in [0.25, 0.3) is 0 Å². The van der Waals surface area contributed by atoms with E-state index in [0.29, 0.717) is 12.1 Å². The first-order valence-corrected chi connectivity index (χ1v) is 22.5. The van der Waals surface area contributed by atoms with Gasteiger partial charge in [0.2, 0.25) is 0 Å². The Bertz CT molecular complexity index is 1410. The van der Waals surface area contributed by atoms with Crippen LogP contribution in [0.4, 0.5) is 0 Å². The zero-order valence-corrected chi connectivity index (χ0v) is 39.8. The lowest BCUT2D eigenvalue weighted by Gasteiger charge is -2.49. The van der Waals surface area contributed by atoms with Gasteiger partial charge in [0.05, 0.1) is 53.4 Å². The molecule has 356 valence electrons. The molecule has 0 aromatic rings. The molecule has 0 spiro atoms. The Balaban J connectivity index is 2.21. The van der Waals surface area contributed by atoms with Crippen LogP contribution in [-0.2, 0) is 38.1 Å². The van der Waals surface area contributed by atoms with Gasteiger partial charge in [-0.3, -0.25) is 4.79 Å². The minimum absolute atomic E-state index is 0.00430. The van der Waals surface area contributed by atoms with Gasteiger partial charge in [-0.2, -0.15) is 0 Å². The molecule has 0 aromatic carbocycles. The number of oxime groups is 1. The van der Waals surface area contributed by atoms with Gasteiger partial charge in [-0.25, -0.2) is 0 Å². The molecule has 16 nitrogen and oxygen atoms in total. The van der Waals surface area contributed by atoms with E-state index in [0.717, 1.165) is 19.6 Å². The minimum Gasteiger partial charge on any atom is -0.459 e. The van der Waals surface area contributed by atoms with Gasteiger partial charge in [0.15, 0.2) is 12.6 Å². The van der Waals surface area contributed by atoms with Crippen molar-refractivity contribution in [2.75, 3.05) is 47.4 Å². The summed E-state index contributed by atoms with van der Waals surface area (Å²) in [7, 11) is 5.25. The molecule has 5 N–H and O–H groups in total. The van der Waals surface area contributed by atoms with Crippen molar-refractivity contribution in [2.45, 2.75) is 193 Å². The van der Waals surface area contributed by atoms with Crippen LogP contribution in [0.15, 0.2) is 17.3 Å². The maximum Gasteiger partial charge on any atom is 0.311 e. The Morgan fingerprint density at radius 1 is 0.885 bits per heavy atom. The van der Waals surface area contributed by atoms with Crippen LogP contribution in [0.2, 0.25) is 0 Å². The topological polar surface area (TPSA) is 202 Å². The van der Waals surface area contributed by atoms with Gasteiger partial charge in [-0.1, -0.05) is 52.8 Å². The fourth-order valence-electron chi connectivity index (χ4n) is 9.52. The molecule has 0 aromatic heterocycles. The predicted octanol–water partition coefficient (Wildman–Crippen LogP) is 3.49. The molecule has 0 aliphatic carbocycles. The maximum absolute atomic E-state index is 14.4. The molecule has 0 saturated carbocycles. The van der Waals surface area contributed by atoms with Crippen LogP contribution in [0, 0.1) is 23.7 Å². The van der Waals surface area contributed by atoms with Crippen molar-refractivity contribution in [3.05, 3.63) is 12.2 Å². The van der Waals surface area contributed by atoms with E-state index in [-0.39, 0.29) is 38.0 Å². The summed E-state index contributed by atoms with van der Waals surface area (Å²) in [6.07, 6.45) is -5.42. The molecule has 18 atom stereocenters.